The number of aryl methyl sites for hydroxylation is 5. The van der Waals surface area contributed by atoms with E-state index in [4.69, 9.17) is 0 Å². The van der Waals surface area contributed by atoms with E-state index in [1.165, 1.54) is 22.3 Å². The first-order valence-electron chi connectivity index (χ1n) is 7.97. The highest BCUT2D eigenvalue weighted by atomic mass is 16.1. The first-order valence-corrected chi connectivity index (χ1v) is 7.97. The van der Waals surface area contributed by atoms with Crippen molar-refractivity contribution in [3.63, 3.8) is 0 Å². The molecule has 0 unspecified atom stereocenters. The Labute approximate surface area is 133 Å². The second-order valence-corrected chi connectivity index (χ2v) is 5.92. The summed E-state index contributed by atoms with van der Waals surface area (Å²) in [5, 5.41) is 3.11. The van der Waals surface area contributed by atoms with Crippen molar-refractivity contribution in [2.75, 3.05) is 5.32 Å². The molecule has 2 aromatic rings. The van der Waals surface area contributed by atoms with Gasteiger partial charge < -0.3 is 5.32 Å². The van der Waals surface area contributed by atoms with Gasteiger partial charge in [-0.15, -0.1) is 0 Å². The van der Waals surface area contributed by atoms with Crippen LogP contribution >= 0.6 is 0 Å². The van der Waals surface area contributed by atoms with Crippen molar-refractivity contribution in [3.05, 3.63) is 63.7 Å². The molecule has 1 amide bonds. The smallest absolute Gasteiger partial charge is 0.255 e. The minimum Gasteiger partial charge on any atom is -0.321 e. The Morgan fingerprint density at radius 2 is 1.59 bits per heavy atom. The number of hydrogen-bond acceptors (Lipinski definition) is 1. The number of amides is 1. The molecule has 0 heterocycles. The SMILES string of the molecule is CCc1cc(C(=O)Nc2c(C)cc(C)cc2CC)ccc1C. The molecule has 0 aliphatic heterocycles. The van der Waals surface area contributed by atoms with Gasteiger partial charge in [-0.05, 0) is 68.0 Å². The molecule has 2 nitrogen and oxygen atoms in total. The topological polar surface area (TPSA) is 29.1 Å². The van der Waals surface area contributed by atoms with Crippen molar-refractivity contribution >= 4 is 11.6 Å². The molecule has 0 fully saturated rings. The van der Waals surface area contributed by atoms with Crippen LogP contribution in [0.5, 0.6) is 0 Å². The van der Waals surface area contributed by atoms with Crippen LogP contribution in [0.3, 0.4) is 0 Å². The summed E-state index contributed by atoms with van der Waals surface area (Å²) < 4.78 is 0. The summed E-state index contributed by atoms with van der Waals surface area (Å²) in [5.41, 5.74) is 7.68. The third kappa shape index (κ3) is 3.38. The predicted octanol–water partition coefficient (Wildman–Crippen LogP) is 4.99. The van der Waals surface area contributed by atoms with Crippen LogP contribution in [0.1, 0.15) is 52.0 Å². The number of benzene rings is 2. The number of hydrogen-bond donors (Lipinski definition) is 1. The van der Waals surface area contributed by atoms with Crippen molar-refractivity contribution in [2.45, 2.75) is 47.5 Å². The molecule has 2 aromatic carbocycles. The predicted molar refractivity (Wildman–Crippen MR) is 93.8 cm³/mol. The average molecular weight is 295 g/mol. The summed E-state index contributed by atoms with van der Waals surface area (Å²) >= 11 is 0. The number of nitrogens with one attached hydrogen (secondary N) is 1. The van der Waals surface area contributed by atoms with E-state index in [0.29, 0.717) is 0 Å². The number of carbonyl (C=O) groups excluding carboxylic acids is 1. The highest BCUT2D eigenvalue weighted by Gasteiger charge is 2.12. The van der Waals surface area contributed by atoms with Gasteiger partial charge in [-0.1, -0.05) is 37.6 Å². The molecule has 2 rings (SSSR count). The van der Waals surface area contributed by atoms with E-state index in [1.807, 2.05) is 25.1 Å². The van der Waals surface area contributed by atoms with Gasteiger partial charge in [0.15, 0.2) is 0 Å². The largest absolute Gasteiger partial charge is 0.321 e. The molecule has 0 aliphatic rings. The number of carbonyl (C=O) groups is 1. The third-order valence-electron chi connectivity index (χ3n) is 4.17. The maximum Gasteiger partial charge on any atom is 0.255 e. The van der Waals surface area contributed by atoms with Crippen molar-refractivity contribution < 1.29 is 4.79 Å². The van der Waals surface area contributed by atoms with Crippen LogP contribution in [0.25, 0.3) is 0 Å². The first-order chi connectivity index (χ1) is 10.5. The third-order valence-corrected chi connectivity index (χ3v) is 4.17. The fourth-order valence-corrected chi connectivity index (χ4v) is 2.89. The lowest BCUT2D eigenvalue weighted by molar-refractivity contribution is 0.102. The maximum absolute atomic E-state index is 12.6. The summed E-state index contributed by atoms with van der Waals surface area (Å²) in [4.78, 5) is 12.6. The van der Waals surface area contributed by atoms with Gasteiger partial charge in [-0.3, -0.25) is 4.79 Å². The summed E-state index contributed by atoms with van der Waals surface area (Å²) in [6.45, 7) is 10.5. The number of rotatable bonds is 4. The summed E-state index contributed by atoms with van der Waals surface area (Å²) in [6.07, 6.45) is 1.85. The van der Waals surface area contributed by atoms with Gasteiger partial charge in [0, 0.05) is 11.3 Å². The maximum atomic E-state index is 12.6. The normalized spacial score (nSPS) is 10.6. The molecule has 0 saturated carbocycles. The molecule has 0 aromatic heterocycles. The van der Waals surface area contributed by atoms with Crippen LogP contribution in [0.2, 0.25) is 0 Å². The van der Waals surface area contributed by atoms with Gasteiger partial charge in [0.1, 0.15) is 0 Å². The van der Waals surface area contributed by atoms with E-state index in [0.717, 1.165) is 29.7 Å². The van der Waals surface area contributed by atoms with Gasteiger partial charge >= 0.3 is 0 Å². The molecule has 116 valence electrons. The van der Waals surface area contributed by atoms with Gasteiger partial charge in [0.2, 0.25) is 0 Å². The van der Waals surface area contributed by atoms with Gasteiger partial charge in [-0.25, -0.2) is 0 Å². The summed E-state index contributed by atoms with van der Waals surface area (Å²) in [5.74, 6) is -0.0312. The average Bonchev–Trinajstić information content (AvgIpc) is 2.49. The Kier molecular flexibility index (Phi) is 5.02. The second-order valence-electron chi connectivity index (χ2n) is 5.92. The van der Waals surface area contributed by atoms with Crippen molar-refractivity contribution in [1.82, 2.24) is 0 Å². The lowest BCUT2D eigenvalue weighted by atomic mass is 10.0. The Morgan fingerprint density at radius 3 is 2.23 bits per heavy atom. The molecule has 0 aliphatic carbocycles. The zero-order chi connectivity index (χ0) is 16.3. The van der Waals surface area contributed by atoms with Gasteiger partial charge in [0.25, 0.3) is 5.91 Å². The van der Waals surface area contributed by atoms with E-state index < -0.39 is 0 Å². The van der Waals surface area contributed by atoms with Crippen LogP contribution in [0, 0.1) is 20.8 Å². The molecule has 0 spiro atoms. The minimum absolute atomic E-state index is 0.0312. The fraction of sp³-hybridized carbons (Fsp3) is 0.350. The van der Waals surface area contributed by atoms with Crippen LogP contribution in [-0.2, 0) is 12.8 Å². The molecule has 0 atom stereocenters. The second kappa shape index (κ2) is 6.78. The Hall–Kier alpha value is -2.09. The quantitative estimate of drug-likeness (QED) is 0.846. The van der Waals surface area contributed by atoms with Crippen LogP contribution in [0.4, 0.5) is 5.69 Å². The molecule has 0 saturated heterocycles. The zero-order valence-electron chi connectivity index (χ0n) is 14.2. The molecule has 0 bridgehead atoms. The van der Waals surface area contributed by atoms with Crippen molar-refractivity contribution in [1.29, 1.82) is 0 Å². The molecule has 0 radical (unpaired) electrons. The molecule has 22 heavy (non-hydrogen) atoms. The van der Waals surface area contributed by atoms with Crippen LogP contribution in [0.15, 0.2) is 30.3 Å². The minimum atomic E-state index is -0.0312. The molecular weight excluding hydrogens is 270 g/mol. The summed E-state index contributed by atoms with van der Waals surface area (Å²) in [6, 6.07) is 10.2. The Bertz CT molecular complexity index is 701. The lowest BCUT2D eigenvalue weighted by Crippen LogP contribution is -2.15. The molecule has 2 heteroatoms. The Morgan fingerprint density at radius 1 is 0.909 bits per heavy atom. The van der Waals surface area contributed by atoms with E-state index in [-0.39, 0.29) is 5.91 Å². The Balaban J connectivity index is 2.33. The number of anilines is 1. The fourth-order valence-electron chi connectivity index (χ4n) is 2.89. The highest BCUT2D eigenvalue weighted by molar-refractivity contribution is 6.05. The van der Waals surface area contributed by atoms with E-state index in [1.54, 1.807) is 0 Å². The van der Waals surface area contributed by atoms with Gasteiger partial charge in [-0.2, -0.15) is 0 Å². The first kappa shape index (κ1) is 16.3. The summed E-state index contributed by atoms with van der Waals surface area (Å²) in [7, 11) is 0. The van der Waals surface area contributed by atoms with Gasteiger partial charge in [0.05, 0.1) is 0 Å². The van der Waals surface area contributed by atoms with Crippen LogP contribution < -0.4 is 5.32 Å². The van der Waals surface area contributed by atoms with E-state index in [9.17, 15) is 4.79 Å². The molecule has 1 N–H and O–H groups in total. The van der Waals surface area contributed by atoms with Crippen molar-refractivity contribution in [2.24, 2.45) is 0 Å². The lowest BCUT2D eigenvalue weighted by Gasteiger charge is -2.15. The monoisotopic (exact) mass is 295 g/mol. The standard InChI is InChI=1S/C20H25NO/c1-6-16-12-18(9-8-14(16)4)20(22)21-19-15(5)10-13(3)11-17(19)7-2/h8-12H,6-7H2,1-5H3,(H,21,22). The van der Waals surface area contributed by atoms with Crippen LogP contribution in [-0.4, -0.2) is 5.91 Å². The van der Waals surface area contributed by atoms with E-state index in [2.05, 4.69) is 45.1 Å². The van der Waals surface area contributed by atoms with E-state index >= 15 is 0 Å². The molecular formula is C20H25NO. The van der Waals surface area contributed by atoms with Crippen molar-refractivity contribution in [3.8, 4) is 0 Å². The zero-order valence-corrected chi connectivity index (χ0v) is 14.2. The highest BCUT2D eigenvalue weighted by Crippen LogP contribution is 2.24.